The van der Waals surface area contributed by atoms with Crippen LogP contribution in [0.1, 0.15) is 85.0 Å². The molecule has 9 atom stereocenters. The Morgan fingerprint density at radius 3 is 2.11 bits per heavy atom. The molecule has 47 heavy (non-hydrogen) atoms. The van der Waals surface area contributed by atoms with E-state index in [1.54, 1.807) is 65.0 Å². The number of fused-ring (bicyclic) bond motifs is 3. The summed E-state index contributed by atoms with van der Waals surface area (Å²) in [5.41, 5.74) is -5.45. The lowest BCUT2D eigenvalue weighted by molar-refractivity contribution is -0.290. The quantitative estimate of drug-likeness (QED) is 0.226. The van der Waals surface area contributed by atoms with Crippen molar-refractivity contribution in [2.45, 2.75) is 130 Å². The molecule has 1 unspecified atom stereocenters. The van der Waals surface area contributed by atoms with Gasteiger partial charge in [0.15, 0.2) is 14.4 Å². The molecule has 0 amide bonds. The minimum absolute atomic E-state index is 0.0469. The number of ketones is 1. The first kappa shape index (κ1) is 37.0. The lowest BCUT2D eigenvalue weighted by atomic mass is 9.43. The summed E-state index contributed by atoms with van der Waals surface area (Å²) in [5, 5.41) is 25.3. The second kappa shape index (κ2) is 12.5. The standard InChI is InChI=1S/C36H52O10Si/c1-12-35(45-23(5)38)26(39)18-20(2)34(8)29(35)31(44-32(41)24-16-14-13-15-17-24)36(42)19-25(46-47(9,10)11)21(3)27(33(36,6)7)28(40)30(34)43-22(4)37/h13-17,20,25-26,29-31,39,42H,12,18-19H2,1-11H3/t20-,25-,26+,29?,30+,31-,34+,35-,36+/m0/s1. The highest BCUT2D eigenvalue weighted by molar-refractivity contribution is 6.69. The molecule has 3 aliphatic carbocycles. The predicted octanol–water partition coefficient (Wildman–Crippen LogP) is 5.16. The molecule has 0 radical (unpaired) electrons. The van der Waals surface area contributed by atoms with Crippen molar-refractivity contribution in [1.82, 2.24) is 0 Å². The molecule has 2 fully saturated rings. The number of Topliss-reactive ketones (excluding diaryl/α,β-unsaturated/α-hetero) is 1. The van der Waals surface area contributed by atoms with E-state index in [1.165, 1.54) is 13.8 Å². The molecule has 0 aromatic heterocycles. The molecule has 2 saturated carbocycles. The molecule has 0 heterocycles. The van der Waals surface area contributed by atoms with E-state index in [4.69, 9.17) is 18.6 Å². The van der Waals surface area contributed by atoms with Crippen LogP contribution in [-0.2, 0) is 33.0 Å². The van der Waals surface area contributed by atoms with Crippen LogP contribution in [0.2, 0.25) is 19.6 Å². The zero-order valence-electron chi connectivity index (χ0n) is 29.6. The van der Waals surface area contributed by atoms with E-state index in [0.717, 1.165) is 0 Å². The van der Waals surface area contributed by atoms with E-state index in [1.807, 2.05) is 26.6 Å². The fourth-order valence-electron chi connectivity index (χ4n) is 8.81. The number of aliphatic hydroxyl groups excluding tert-OH is 1. The topological polar surface area (TPSA) is 146 Å². The third-order valence-corrected chi connectivity index (χ3v) is 12.2. The molecule has 260 valence electrons. The Labute approximate surface area is 279 Å². The maximum Gasteiger partial charge on any atom is 0.338 e. The minimum atomic E-state index is -2.30. The lowest BCUT2D eigenvalue weighted by Crippen LogP contribution is -2.77. The molecule has 0 spiro atoms. The largest absolute Gasteiger partial charge is 0.456 e. The maximum absolute atomic E-state index is 15.1. The Bertz CT molecular complexity index is 1450. The summed E-state index contributed by atoms with van der Waals surface area (Å²) in [6.07, 6.45) is -4.84. The fraction of sp³-hybridized carbons (Fsp3) is 0.667. The minimum Gasteiger partial charge on any atom is -0.456 e. The van der Waals surface area contributed by atoms with Crippen LogP contribution >= 0.6 is 0 Å². The highest BCUT2D eigenvalue weighted by Crippen LogP contribution is 2.64. The van der Waals surface area contributed by atoms with Gasteiger partial charge in [0.05, 0.1) is 23.7 Å². The van der Waals surface area contributed by atoms with Gasteiger partial charge < -0.3 is 28.8 Å². The van der Waals surface area contributed by atoms with E-state index < -0.39 is 90.3 Å². The Balaban J connectivity index is 2.19. The second-order valence-corrected chi connectivity index (χ2v) is 19.9. The summed E-state index contributed by atoms with van der Waals surface area (Å²) in [7, 11) is -2.30. The van der Waals surface area contributed by atoms with Crippen molar-refractivity contribution in [1.29, 1.82) is 0 Å². The Morgan fingerprint density at radius 2 is 1.60 bits per heavy atom. The summed E-state index contributed by atoms with van der Waals surface area (Å²) < 4.78 is 25.2. The van der Waals surface area contributed by atoms with Gasteiger partial charge in [-0.15, -0.1) is 0 Å². The third kappa shape index (κ3) is 6.02. The number of carbonyl (C=O) groups excluding carboxylic acids is 4. The van der Waals surface area contributed by atoms with Crippen molar-refractivity contribution in [3.63, 3.8) is 0 Å². The van der Waals surface area contributed by atoms with Gasteiger partial charge in [0, 0.05) is 36.7 Å². The number of benzene rings is 1. The molecule has 2 bridgehead atoms. The molecular formula is C36H52O10Si. The normalized spacial score (nSPS) is 36.8. The first-order chi connectivity index (χ1) is 21.6. The lowest BCUT2D eigenvalue weighted by Gasteiger charge is -2.66. The monoisotopic (exact) mass is 672 g/mol. The van der Waals surface area contributed by atoms with Gasteiger partial charge in [-0.3, -0.25) is 14.4 Å². The summed E-state index contributed by atoms with van der Waals surface area (Å²) in [5.74, 6) is -4.40. The van der Waals surface area contributed by atoms with Crippen LogP contribution in [0, 0.1) is 22.7 Å². The molecule has 10 nitrogen and oxygen atoms in total. The highest BCUT2D eigenvalue weighted by Gasteiger charge is 2.75. The summed E-state index contributed by atoms with van der Waals surface area (Å²) in [6, 6.07) is 8.33. The van der Waals surface area contributed by atoms with E-state index in [-0.39, 0.29) is 30.4 Å². The number of hydrogen-bond donors (Lipinski definition) is 2. The smallest absolute Gasteiger partial charge is 0.338 e. The predicted molar refractivity (Wildman–Crippen MR) is 177 cm³/mol. The molecule has 11 heteroatoms. The van der Waals surface area contributed by atoms with Crippen LogP contribution in [0.4, 0.5) is 0 Å². The maximum atomic E-state index is 15.1. The molecule has 1 aromatic rings. The Kier molecular flexibility index (Phi) is 9.87. The first-order valence-corrected chi connectivity index (χ1v) is 20.0. The van der Waals surface area contributed by atoms with Crippen molar-refractivity contribution in [2.75, 3.05) is 0 Å². The first-order valence-electron chi connectivity index (χ1n) is 16.5. The van der Waals surface area contributed by atoms with Crippen molar-refractivity contribution < 1.29 is 48.0 Å². The molecule has 2 N–H and O–H groups in total. The van der Waals surface area contributed by atoms with Gasteiger partial charge in [0.25, 0.3) is 0 Å². The Morgan fingerprint density at radius 1 is 1.00 bits per heavy atom. The average Bonchev–Trinajstić information content (AvgIpc) is 2.95. The molecule has 0 aliphatic heterocycles. The van der Waals surface area contributed by atoms with Crippen LogP contribution in [0.15, 0.2) is 41.5 Å². The van der Waals surface area contributed by atoms with Gasteiger partial charge in [-0.1, -0.05) is 52.8 Å². The van der Waals surface area contributed by atoms with E-state index in [2.05, 4.69) is 0 Å². The van der Waals surface area contributed by atoms with E-state index in [9.17, 15) is 24.6 Å². The number of hydrogen-bond acceptors (Lipinski definition) is 10. The highest BCUT2D eigenvalue weighted by atomic mass is 28.4. The van der Waals surface area contributed by atoms with Gasteiger partial charge in [0.2, 0.25) is 5.78 Å². The van der Waals surface area contributed by atoms with Gasteiger partial charge in [-0.05, 0) is 63.0 Å². The molecule has 3 aliphatic rings. The van der Waals surface area contributed by atoms with Crippen molar-refractivity contribution >= 4 is 32.0 Å². The van der Waals surface area contributed by atoms with Crippen LogP contribution in [0.5, 0.6) is 0 Å². The number of aliphatic hydroxyl groups is 2. The van der Waals surface area contributed by atoms with Gasteiger partial charge in [-0.25, -0.2) is 4.79 Å². The van der Waals surface area contributed by atoms with Gasteiger partial charge >= 0.3 is 17.9 Å². The van der Waals surface area contributed by atoms with Crippen LogP contribution in [0.3, 0.4) is 0 Å². The molecule has 1 aromatic carbocycles. The van der Waals surface area contributed by atoms with Gasteiger partial charge in [0.1, 0.15) is 17.3 Å². The zero-order valence-corrected chi connectivity index (χ0v) is 30.6. The van der Waals surface area contributed by atoms with Crippen LogP contribution in [-0.4, -0.2) is 77.8 Å². The average molecular weight is 673 g/mol. The molecular weight excluding hydrogens is 620 g/mol. The SMILES string of the molecule is CC[C@@]1(OC(C)=O)C2[C@H](OC(=O)c3ccccc3)[C@]3(O)C[C@H](O[Si](C)(C)C)C(C)=C(C(=O)[C@@H](OC(C)=O)[C@]2(C)[C@@H](C)C[C@H]1O)C3(C)C. The van der Waals surface area contributed by atoms with Gasteiger partial charge in [-0.2, -0.15) is 0 Å². The number of esters is 3. The summed E-state index contributed by atoms with van der Waals surface area (Å²) in [4.78, 5) is 55.0. The number of rotatable bonds is 7. The Hall–Kier alpha value is -2.86. The van der Waals surface area contributed by atoms with Crippen molar-refractivity contribution in [3.05, 3.63) is 47.0 Å². The fourth-order valence-corrected chi connectivity index (χ4v) is 9.92. The number of ether oxygens (including phenoxy) is 3. The van der Waals surface area contributed by atoms with Crippen molar-refractivity contribution in [2.24, 2.45) is 22.7 Å². The molecule has 0 saturated heterocycles. The van der Waals surface area contributed by atoms with E-state index in [0.29, 0.717) is 5.57 Å². The summed E-state index contributed by atoms with van der Waals surface area (Å²) >= 11 is 0. The van der Waals surface area contributed by atoms with Crippen LogP contribution in [0.25, 0.3) is 0 Å². The summed E-state index contributed by atoms with van der Waals surface area (Å²) in [6.45, 7) is 19.0. The van der Waals surface area contributed by atoms with Crippen molar-refractivity contribution in [3.8, 4) is 0 Å². The van der Waals surface area contributed by atoms with Crippen LogP contribution < -0.4 is 0 Å². The zero-order chi connectivity index (χ0) is 35.5. The molecule has 4 rings (SSSR count). The second-order valence-electron chi connectivity index (χ2n) is 15.5. The third-order valence-electron chi connectivity index (χ3n) is 11.2. The number of carbonyl (C=O) groups is 4. The van der Waals surface area contributed by atoms with E-state index >= 15 is 4.79 Å².